The van der Waals surface area contributed by atoms with Crippen LogP contribution in [0.5, 0.6) is 11.8 Å². The second kappa shape index (κ2) is 5.66. The van der Waals surface area contributed by atoms with E-state index in [9.17, 15) is 0 Å². The zero-order valence-corrected chi connectivity index (χ0v) is 12.8. The van der Waals surface area contributed by atoms with E-state index in [0.29, 0.717) is 16.7 Å². The van der Waals surface area contributed by atoms with Crippen LogP contribution in [0.2, 0.25) is 5.02 Å². The predicted octanol–water partition coefficient (Wildman–Crippen LogP) is 2.85. The van der Waals surface area contributed by atoms with Gasteiger partial charge in [0.1, 0.15) is 12.1 Å². The fourth-order valence-electron chi connectivity index (χ4n) is 1.56. The monoisotopic (exact) mass is 366 g/mol. The lowest BCUT2D eigenvalue weighted by atomic mass is 10.3. The molecule has 0 aliphatic rings. The summed E-state index contributed by atoms with van der Waals surface area (Å²) in [7, 11) is 0. The topological polar surface area (TPSA) is 91.7 Å². The highest BCUT2D eigenvalue weighted by atomic mass is 79.9. The first kappa shape index (κ1) is 13.8. The molecule has 0 atom stereocenters. The largest absolute Gasteiger partial charge is 0.423 e. The van der Waals surface area contributed by atoms with Crippen LogP contribution in [0.3, 0.4) is 0 Å². The summed E-state index contributed by atoms with van der Waals surface area (Å²) in [6, 6.07) is 5.25. The lowest BCUT2D eigenvalue weighted by Crippen LogP contribution is -2.06. The summed E-state index contributed by atoms with van der Waals surface area (Å²) < 4.78 is 7.99. The predicted molar refractivity (Wildman–Crippen MR) is 80.6 cm³/mol. The molecule has 3 aromatic rings. The Balaban J connectivity index is 1.95. The van der Waals surface area contributed by atoms with Gasteiger partial charge in [-0.1, -0.05) is 27.5 Å². The number of imidazole rings is 1. The normalized spacial score (nSPS) is 10.6. The number of nitrogens with zero attached hydrogens (tertiary/aromatic N) is 5. The van der Waals surface area contributed by atoms with Gasteiger partial charge in [-0.15, -0.1) is 0 Å². The van der Waals surface area contributed by atoms with Crippen molar-refractivity contribution in [2.45, 2.75) is 0 Å². The maximum absolute atomic E-state index is 6.09. The van der Waals surface area contributed by atoms with Gasteiger partial charge in [0, 0.05) is 16.9 Å². The molecule has 0 spiro atoms. The summed E-state index contributed by atoms with van der Waals surface area (Å²) in [6.07, 6.45) is 4.84. The number of ether oxygens (including phenoxy) is 1. The highest BCUT2D eigenvalue weighted by Gasteiger charge is 2.10. The number of aromatic nitrogens is 5. The average Bonchev–Trinajstić information content (AvgIpc) is 2.95. The number of halogens is 2. The van der Waals surface area contributed by atoms with Crippen molar-refractivity contribution < 1.29 is 4.74 Å². The van der Waals surface area contributed by atoms with E-state index in [1.54, 1.807) is 41.5 Å². The maximum Gasteiger partial charge on any atom is 0.328 e. The molecule has 0 saturated heterocycles. The van der Waals surface area contributed by atoms with Crippen LogP contribution >= 0.6 is 27.5 Å². The molecular weight excluding hydrogens is 360 g/mol. The van der Waals surface area contributed by atoms with Crippen LogP contribution in [-0.4, -0.2) is 24.5 Å². The van der Waals surface area contributed by atoms with Gasteiger partial charge in [0.15, 0.2) is 0 Å². The second-order valence-electron chi connectivity index (χ2n) is 3.92. The molecule has 0 bridgehead atoms. The van der Waals surface area contributed by atoms with Crippen molar-refractivity contribution in [2.24, 2.45) is 0 Å². The zero-order chi connectivity index (χ0) is 14.8. The van der Waals surface area contributed by atoms with Crippen molar-refractivity contribution >= 4 is 33.5 Å². The van der Waals surface area contributed by atoms with Gasteiger partial charge in [0.25, 0.3) is 0 Å². The highest BCUT2D eigenvalue weighted by molar-refractivity contribution is 9.10. The molecule has 1 aromatic carbocycles. The molecule has 9 heteroatoms. The molecule has 0 saturated carbocycles. The van der Waals surface area contributed by atoms with Crippen molar-refractivity contribution in [3.63, 3.8) is 0 Å². The minimum atomic E-state index is 0.0388. The van der Waals surface area contributed by atoms with Gasteiger partial charge in [0.05, 0.1) is 5.02 Å². The first-order valence-corrected chi connectivity index (χ1v) is 6.92. The smallest absolute Gasteiger partial charge is 0.328 e. The molecule has 3 rings (SSSR count). The van der Waals surface area contributed by atoms with Crippen LogP contribution in [-0.2, 0) is 0 Å². The van der Waals surface area contributed by atoms with Crippen molar-refractivity contribution in [3.05, 3.63) is 46.4 Å². The van der Waals surface area contributed by atoms with Gasteiger partial charge in [-0.3, -0.25) is 4.57 Å². The SMILES string of the molecule is Nc1nc(Oc2ccc(Br)cc2Cl)nc(-n2ccnc2)n1. The Morgan fingerprint density at radius 3 is 2.81 bits per heavy atom. The van der Waals surface area contributed by atoms with Crippen molar-refractivity contribution in [1.82, 2.24) is 24.5 Å². The Bertz CT molecular complexity index is 779. The number of hydrogen-bond donors (Lipinski definition) is 1. The molecule has 0 unspecified atom stereocenters. The molecule has 21 heavy (non-hydrogen) atoms. The number of hydrogen-bond acceptors (Lipinski definition) is 6. The third kappa shape index (κ3) is 3.11. The Morgan fingerprint density at radius 1 is 1.24 bits per heavy atom. The van der Waals surface area contributed by atoms with Crippen LogP contribution < -0.4 is 10.5 Å². The summed E-state index contributed by atoms with van der Waals surface area (Å²) in [5, 5.41) is 0.424. The summed E-state index contributed by atoms with van der Waals surface area (Å²) in [6.45, 7) is 0. The third-order valence-electron chi connectivity index (χ3n) is 2.45. The number of rotatable bonds is 3. The summed E-state index contributed by atoms with van der Waals surface area (Å²) in [4.78, 5) is 16.0. The lowest BCUT2D eigenvalue weighted by molar-refractivity contribution is 0.439. The molecule has 7 nitrogen and oxygen atoms in total. The van der Waals surface area contributed by atoms with Gasteiger partial charge in [0.2, 0.25) is 11.9 Å². The van der Waals surface area contributed by atoms with E-state index in [2.05, 4.69) is 35.9 Å². The van der Waals surface area contributed by atoms with Gasteiger partial charge >= 0.3 is 6.01 Å². The Labute approximate surface area is 132 Å². The first-order valence-electron chi connectivity index (χ1n) is 5.74. The molecule has 0 aliphatic heterocycles. The average molecular weight is 368 g/mol. The summed E-state index contributed by atoms with van der Waals surface area (Å²) >= 11 is 9.41. The second-order valence-corrected chi connectivity index (χ2v) is 5.25. The van der Waals surface area contributed by atoms with Crippen molar-refractivity contribution in [1.29, 1.82) is 0 Å². The van der Waals surface area contributed by atoms with Crippen LogP contribution in [0, 0.1) is 0 Å². The van der Waals surface area contributed by atoms with Crippen LogP contribution in [0.4, 0.5) is 5.95 Å². The van der Waals surface area contributed by atoms with Gasteiger partial charge in [-0.25, -0.2) is 4.98 Å². The van der Waals surface area contributed by atoms with Crippen LogP contribution in [0.15, 0.2) is 41.4 Å². The van der Waals surface area contributed by atoms with E-state index in [0.717, 1.165) is 4.47 Å². The number of nitrogens with two attached hydrogens (primary N) is 1. The summed E-state index contributed by atoms with van der Waals surface area (Å²) in [5.74, 6) is 0.766. The molecule has 0 fully saturated rings. The molecule has 106 valence electrons. The van der Waals surface area contributed by atoms with Crippen LogP contribution in [0.25, 0.3) is 5.95 Å². The van der Waals surface area contributed by atoms with Crippen molar-refractivity contribution in [2.75, 3.05) is 5.73 Å². The van der Waals surface area contributed by atoms with Crippen LogP contribution in [0.1, 0.15) is 0 Å². The lowest BCUT2D eigenvalue weighted by Gasteiger charge is -2.08. The van der Waals surface area contributed by atoms with Gasteiger partial charge in [-0.05, 0) is 18.2 Å². The number of benzene rings is 1. The van der Waals surface area contributed by atoms with E-state index in [1.807, 2.05) is 0 Å². The van der Waals surface area contributed by atoms with Gasteiger partial charge < -0.3 is 10.5 Å². The van der Waals surface area contributed by atoms with E-state index in [4.69, 9.17) is 22.1 Å². The molecule has 0 radical (unpaired) electrons. The third-order valence-corrected chi connectivity index (χ3v) is 3.24. The molecule has 2 heterocycles. The maximum atomic E-state index is 6.09. The number of nitrogen functional groups attached to an aromatic ring is 1. The number of anilines is 1. The molecule has 2 N–H and O–H groups in total. The Kier molecular flexibility index (Phi) is 3.72. The van der Waals surface area contributed by atoms with E-state index >= 15 is 0 Å². The molecule has 2 aromatic heterocycles. The van der Waals surface area contributed by atoms with E-state index in [1.165, 1.54) is 0 Å². The van der Waals surface area contributed by atoms with Gasteiger partial charge in [-0.2, -0.15) is 15.0 Å². The molecule has 0 amide bonds. The molecular formula is C12H8BrClN6O. The first-order chi connectivity index (χ1) is 10.1. The van der Waals surface area contributed by atoms with Crippen molar-refractivity contribution in [3.8, 4) is 17.7 Å². The Morgan fingerprint density at radius 2 is 2.10 bits per heavy atom. The fourth-order valence-corrected chi connectivity index (χ4v) is 2.27. The molecule has 0 aliphatic carbocycles. The highest BCUT2D eigenvalue weighted by Crippen LogP contribution is 2.30. The minimum Gasteiger partial charge on any atom is -0.423 e. The standard InChI is InChI=1S/C12H8BrClN6O/c13-7-1-2-9(8(14)5-7)21-12-18-10(15)17-11(19-12)20-4-3-16-6-20/h1-6H,(H2,15,17,18,19). The zero-order valence-electron chi connectivity index (χ0n) is 10.4. The fraction of sp³-hybridized carbons (Fsp3) is 0. The Hall–Kier alpha value is -2.19. The summed E-state index contributed by atoms with van der Waals surface area (Å²) in [5.41, 5.74) is 5.66. The minimum absolute atomic E-state index is 0.0388. The van der Waals surface area contributed by atoms with E-state index < -0.39 is 0 Å². The quantitative estimate of drug-likeness (QED) is 0.765. The van der Waals surface area contributed by atoms with E-state index in [-0.39, 0.29) is 12.0 Å².